The number of rotatable bonds is 0. The van der Waals surface area contributed by atoms with Crippen LogP contribution >= 0.6 is 0 Å². The molecule has 6 heteroatoms. The van der Waals surface area contributed by atoms with Crippen molar-refractivity contribution in [3.05, 3.63) is 29.8 Å². The molecule has 0 atom stereocenters. The van der Waals surface area contributed by atoms with Gasteiger partial charge < -0.3 is 0 Å². The maximum Gasteiger partial charge on any atom is 0.209 e. The first-order valence-corrected chi connectivity index (χ1v) is 6.62. The Kier molecular flexibility index (Phi) is 4.15. The zero-order valence-electron chi connectivity index (χ0n) is 10.8. The fraction of sp³-hybridized carbons (Fsp3) is 0.417. The SMILES string of the molecule is CC1=[N+](C)c2ccccc2C1(C)C.[O-][Cl+3]([O-])([O-])O. The summed E-state index contributed by atoms with van der Waals surface area (Å²) in [6, 6.07) is 8.63. The lowest BCUT2D eigenvalue weighted by Gasteiger charge is -2.14. The standard InChI is InChI=1S/C12H16N.ClHO4/c1-9-12(2,3)10-7-5-6-8-11(10)13(9)4;2-1(3,4)5/h5-8H,1-4H3;(H,2,3,4,5)/q+1;. The maximum absolute atomic E-state index is 8.60. The molecule has 0 spiro atoms. The van der Waals surface area contributed by atoms with Gasteiger partial charge in [0.25, 0.3) is 0 Å². The molecule has 18 heavy (non-hydrogen) atoms. The van der Waals surface area contributed by atoms with Gasteiger partial charge in [-0.3, -0.25) is 0 Å². The first kappa shape index (κ1) is 15.1. The van der Waals surface area contributed by atoms with Gasteiger partial charge in [-0.15, -0.1) is 0 Å². The fourth-order valence-electron chi connectivity index (χ4n) is 2.09. The van der Waals surface area contributed by atoms with E-state index in [1.54, 1.807) is 0 Å². The van der Waals surface area contributed by atoms with Crippen LogP contribution in [-0.2, 0) is 5.41 Å². The highest BCUT2D eigenvalue weighted by atomic mass is 35.7. The maximum atomic E-state index is 8.60. The minimum Gasteiger partial charge on any atom is -0.202 e. The molecule has 1 heterocycles. The van der Waals surface area contributed by atoms with Gasteiger partial charge in [-0.1, -0.05) is 18.2 Å². The smallest absolute Gasteiger partial charge is 0.202 e. The lowest BCUT2D eigenvalue weighted by Crippen LogP contribution is -2.58. The van der Waals surface area contributed by atoms with Crippen LogP contribution < -0.4 is 14.0 Å². The van der Waals surface area contributed by atoms with Crippen molar-refractivity contribution in [2.45, 2.75) is 26.2 Å². The Balaban J connectivity index is 0.000000280. The second-order valence-corrected chi connectivity index (χ2v) is 5.47. The molecule has 0 bridgehead atoms. The molecule has 100 valence electrons. The summed E-state index contributed by atoms with van der Waals surface area (Å²) in [7, 11) is -2.55. The summed E-state index contributed by atoms with van der Waals surface area (Å²) in [4.78, 5) is 0. The summed E-state index contributed by atoms with van der Waals surface area (Å²) in [5, 5.41) is 0. The molecular weight excluding hydrogens is 258 g/mol. The molecule has 0 saturated heterocycles. The molecule has 0 radical (unpaired) electrons. The van der Waals surface area contributed by atoms with E-state index < -0.39 is 10.2 Å². The van der Waals surface area contributed by atoms with Crippen molar-refractivity contribution >= 4 is 11.4 Å². The topological polar surface area (TPSA) is 92.4 Å². The Morgan fingerprint density at radius 1 is 1.17 bits per heavy atom. The van der Waals surface area contributed by atoms with Crippen molar-refractivity contribution in [3.63, 3.8) is 0 Å². The van der Waals surface area contributed by atoms with E-state index in [0.717, 1.165) is 0 Å². The summed E-state index contributed by atoms with van der Waals surface area (Å²) >= 11 is 0. The van der Waals surface area contributed by atoms with Crippen molar-refractivity contribution in [3.8, 4) is 0 Å². The van der Waals surface area contributed by atoms with E-state index in [9.17, 15) is 0 Å². The summed E-state index contributed by atoms with van der Waals surface area (Å²) < 4.78 is 35.0. The Labute approximate surface area is 108 Å². The van der Waals surface area contributed by atoms with E-state index in [1.165, 1.54) is 17.0 Å². The third kappa shape index (κ3) is 3.28. The normalized spacial score (nSPS) is 17.1. The van der Waals surface area contributed by atoms with Gasteiger partial charge in [0.2, 0.25) is 5.69 Å². The molecule has 0 unspecified atom stereocenters. The molecular formula is C12H17ClNO4+. The van der Waals surface area contributed by atoms with Crippen LogP contribution in [0.25, 0.3) is 0 Å². The highest BCUT2D eigenvalue weighted by molar-refractivity contribution is 5.93. The Morgan fingerprint density at radius 2 is 1.61 bits per heavy atom. The van der Waals surface area contributed by atoms with Crippen LogP contribution in [0.4, 0.5) is 5.69 Å². The van der Waals surface area contributed by atoms with Gasteiger partial charge in [-0.25, -0.2) is 4.58 Å². The van der Waals surface area contributed by atoms with Gasteiger partial charge in [-0.2, -0.15) is 14.0 Å². The molecule has 0 amide bonds. The van der Waals surface area contributed by atoms with Crippen molar-refractivity contribution in [2.24, 2.45) is 0 Å². The monoisotopic (exact) mass is 274 g/mol. The minimum absolute atomic E-state index is 0.200. The predicted molar refractivity (Wildman–Crippen MR) is 58.2 cm³/mol. The summed E-state index contributed by atoms with van der Waals surface area (Å²) in [6.45, 7) is 6.77. The van der Waals surface area contributed by atoms with E-state index in [4.69, 9.17) is 18.6 Å². The number of fused-ring (bicyclic) bond motifs is 1. The van der Waals surface area contributed by atoms with Crippen molar-refractivity contribution in [1.29, 1.82) is 0 Å². The quantitative estimate of drug-likeness (QED) is 0.588. The number of halogens is 1. The minimum atomic E-state index is -4.69. The third-order valence-electron chi connectivity index (χ3n) is 3.35. The van der Waals surface area contributed by atoms with Crippen LogP contribution in [0, 0.1) is 10.2 Å². The van der Waals surface area contributed by atoms with E-state index in [2.05, 4.69) is 56.7 Å². The van der Waals surface area contributed by atoms with Crippen LogP contribution in [0.1, 0.15) is 26.3 Å². The largest absolute Gasteiger partial charge is 0.209 e. The number of para-hydroxylation sites is 1. The molecule has 1 aromatic carbocycles. The second kappa shape index (κ2) is 4.95. The van der Waals surface area contributed by atoms with Gasteiger partial charge in [0.1, 0.15) is 7.05 Å². The van der Waals surface area contributed by atoms with Crippen molar-refractivity contribution in [2.75, 3.05) is 7.05 Å². The summed E-state index contributed by atoms with van der Waals surface area (Å²) in [5.41, 5.74) is 4.42. The lowest BCUT2D eigenvalue weighted by atomic mass is 9.82. The van der Waals surface area contributed by atoms with E-state index in [-0.39, 0.29) is 5.41 Å². The fourth-order valence-corrected chi connectivity index (χ4v) is 2.09. The molecule has 1 aliphatic rings. The molecule has 0 aromatic heterocycles. The van der Waals surface area contributed by atoms with Crippen LogP contribution in [0.15, 0.2) is 24.3 Å². The molecule has 0 aliphatic carbocycles. The highest BCUT2D eigenvalue weighted by Crippen LogP contribution is 2.38. The van der Waals surface area contributed by atoms with Gasteiger partial charge >= 0.3 is 0 Å². The predicted octanol–water partition coefficient (Wildman–Crippen LogP) is -1.41. The number of benzene rings is 1. The van der Waals surface area contributed by atoms with Crippen LogP contribution in [0.2, 0.25) is 0 Å². The van der Waals surface area contributed by atoms with Crippen LogP contribution in [-0.4, -0.2) is 22.0 Å². The zero-order valence-corrected chi connectivity index (χ0v) is 11.6. The lowest BCUT2D eigenvalue weighted by molar-refractivity contribution is -1.92. The first-order chi connectivity index (χ1) is 8.05. The van der Waals surface area contributed by atoms with E-state index in [0.29, 0.717) is 0 Å². The third-order valence-corrected chi connectivity index (χ3v) is 3.35. The Morgan fingerprint density at radius 3 is 2.06 bits per heavy atom. The van der Waals surface area contributed by atoms with E-state index in [1.807, 2.05) is 0 Å². The zero-order chi connectivity index (χ0) is 14.1. The summed E-state index contributed by atoms with van der Waals surface area (Å²) in [6.07, 6.45) is 0. The molecule has 5 nitrogen and oxygen atoms in total. The van der Waals surface area contributed by atoms with Crippen LogP contribution in [0.5, 0.6) is 0 Å². The van der Waals surface area contributed by atoms with Gasteiger partial charge in [-0.05, 0) is 13.8 Å². The number of hydrogen-bond donors (Lipinski definition) is 1. The molecule has 0 saturated carbocycles. The van der Waals surface area contributed by atoms with Crippen molar-refractivity contribution < 1.29 is 33.5 Å². The molecule has 0 fully saturated rings. The molecule has 1 aliphatic heterocycles. The average molecular weight is 275 g/mol. The number of nitrogens with zero attached hydrogens (tertiary/aromatic N) is 1. The van der Waals surface area contributed by atoms with Gasteiger partial charge in [0, 0.05) is 18.6 Å². The Bertz CT molecular complexity index is 471. The van der Waals surface area contributed by atoms with Crippen molar-refractivity contribution in [1.82, 2.24) is 0 Å². The summed E-state index contributed by atoms with van der Waals surface area (Å²) in [5.74, 6) is 0. The second-order valence-electron chi connectivity index (χ2n) is 4.68. The van der Waals surface area contributed by atoms with Gasteiger partial charge in [0.15, 0.2) is 5.71 Å². The molecule has 1 aromatic rings. The average Bonchev–Trinajstić information content (AvgIpc) is 2.40. The highest BCUT2D eigenvalue weighted by Gasteiger charge is 2.40. The Hall–Kier alpha value is -0.980. The van der Waals surface area contributed by atoms with E-state index >= 15 is 0 Å². The molecule has 2 rings (SSSR count). The van der Waals surface area contributed by atoms with Gasteiger partial charge in [0.05, 0.1) is 20.3 Å². The first-order valence-electron chi connectivity index (χ1n) is 5.35. The number of hydrogen-bond acceptors (Lipinski definition) is 4. The molecule has 1 N–H and O–H groups in total. The van der Waals surface area contributed by atoms with Crippen LogP contribution in [0.3, 0.4) is 0 Å².